The molecule has 0 bridgehead atoms. The number of nitrogens with zero attached hydrogens (tertiary/aromatic N) is 2. The second-order valence-electron chi connectivity index (χ2n) is 9.54. The first-order valence-corrected chi connectivity index (χ1v) is 12.0. The molecule has 0 amide bonds. The first-order valence-electron chi connectivity index (χ1n) is 12.0. The van der Waals surface area contributed by atoms with Crippen molar-refractivity contribution in [3.63, 3.8) is 0 Å². The number of benzene rings is 2. The van der Waals surface area contributed by atoms with Crippen LogP contribution in [0.25, 0.3) is 6.08 Å². The highest BCUT2D eigenvalue weighted by molar-refractivity contribution is 6.00. The number of carbonyl (C=O) groups excluding carboxylic acids is 1. The summed E-state index contributed by atoms with van der Waals surface area (Å²) in [5, 5.41) is 19.9. The SMILES string of the molecule is N#CC(C#N)=C(C1CC1)[C@@H]1[C@@H](c2ccco2)[C@H](C(=O)c2ccccc2)[NH+]2C=Cc3ccccc3[C@@H]12. The number of furan rings is 1. The van der Waals surface area contributed by atoms with Crippen LogP contribution in [0.1, 0.15) is 52.0 Å². The predicted octanol–water partition coefficient (Wildman–Crippen LogP) is 4.61. The van der Waals surface area contributed by atoms with E-state index in [1.807, 2.05) is 54.6 Å². The summed E-state index contributed by atoms with van der Waals surface area (Å²) in [6, 6.07) is 25.2. The van der Waals surface area contributed by atoms with Crippen molar-refractivity contribution in [1.82, 2.24) is 0 Å². The second-order valence-corrected chi connectivity index (χ2v) is 9.54. The molecule has 3 aromatic rings. The maximum absolute atomic E-state index is 14.1. The standard InChI is InChI=1S/C30H23N3O2/c31-17-22(18-32)25(20-12-13-20)27-26(24-11-6-16-35-24)29(30(34)21-8-2-1-3-9-21)33-15-14-19-7-4-5-10-23(19)28(27)33/h1-11,14-16,20,26-29H,12-13H2/p+1/t26-,27-,28+,29-/m1/s1. The molecule has 2 aliphatic heterocycles. The van der Waals surface area contributed by atoms with E-state index in [0.717, 1.165) is 40.2 Å². The highest BCUT2D eigenvalue weighted by atomic mass is 16.3. The lowest BCUT2D eigenvalue weighted by Crippen LogP contribution is -3.11. The minimum atomic E-state index is -0.449. The first-order chi connectivity index (χ1) is 17.2. The number of allylic oxidation sites excluding steroid dienone is 1. The molecule has 5 heteroatoms. The number of nitriles is 2. The Morgan fingerprint density at radius 3 is 2.37 bits per heavy atom. The molecule has 0 radical (unpaired) electrons. The lowest BCUT2D eigenvalue weighted by Gasteiger charge is -2.30. The summed E-state index contributed by atoms with van der Waals surface area (Å²) >= 11 is 0. The van der Waals surface area contributed by atoms with Gasteiger partial charge in [0.25, 0.3) is 0 Å². The fourth-order valence-electron chi connectivity index (χ4n) is 6.22. The largest absolute Gasteiger partial charge is 0.469 e. The summed E-state index contributed by atoms with van der Waals surface area (Å²) < 4.78 is 5.98. The average Bonchev–Trinajstić information content (AvgIpc) is 3.48. The number of hydrogen-bond donors (Lipinski definition) is 1. The zero-order chi connectivity index (χ0) is 23.9. The van der Waals surface area contributed by atoms with Gasteiger partial charge in [0.2, 0.25) is 5.78 Å². The third kappa shape index (κ3) is 3.44. The van der Waals surface area contributed by atoms with Gasteiger partial charge in [-0.05, 0) is 48.1 Å². The molecule has 5 nitrogen and oxygen atoms in total. The lowest BCUT2D eigenvalue weighted by atomic mass is 9.73. The van der Waals surface area contributed by atoms with Gasteiger partial charge in [-0.1, -0.05) is 54.6 Å². The van der Waals surface area contributed by atoms with Crippen LogP contribution in [0.2, 0.25) is 0 Å². The van der Waals surface area contributed by atoms with Crippen LogP contribution in [-0.2, 0) is 0 Å². The van der Waals surface area contributed by atoms with E-state index in [1.165, 1.54) is 0 Å². The maximum Gasteiger partial charge on any atom is 0.221 e. The molecule has 3 aliphatic rings. The minimum Gasteiger partial charge on any atom is -0.469 e. The van der Waals surface area contributed by atoms with Gasteiger partial charge in [0.1, 0.15) is 29.5 Å². The Bertz CT molecular complexity index is 1400. The van der Waals surface area contributed by atoms with Crippen LogP contribution in [0.15, 0.2) is 94.8 Å². The number of fused-ring (bicyclic) bond motifs is 3. The topological polar surface area (TPSA) is 82.2 Å². The smallest absolute Gasteiger partial charge is 0.221 e. The number of nitrogens with one attached hydrogen (secondary N) is 1. The van der Waals surface area contributed by atoms with E-state index in [0.29, 0.717) is 5.56 Å². The molecule has 1 unspecified atom stereocenters. The Hall–Kier alpha value is -4.19. The van der Waals surface area contributed by atoms with Crippen LogP contribution in [0.3, 0.4) is 0 Å². The highest BCUT2D eigenvalue weighted by Gasteiger charge is 2.61. The molecule has 170 valence electrons. The van der Waals surface area contributed by atoms with Crippen molar-refractivity contribution in [1.29, 1.82) is 10.5 Å². The van der Waals surface area contributed by atoms with Gasteiger partial charge in [0.15, 0.2) is 6.04 Å². The number of quaternary nitrogens is 1. The van der Waals surface area contributed by atoms with Gasteiger partial charge in [0.05, 0.1) is 24.3 Å². The van der Waals surface area contributed by atoms with Gasteiger partial charge in [-0.15, -0.1) is 0 Å². The number of carbonyl (C=O) groups is 1. The summed E-state index contributed by atoms with van der Waals surface area (Å²) in [6.45, 7) is 0. The van der Waals surface area contributed by atoms with Gasteiger partial charge < -0.3 is 4.42 Å². The van der Waals surface area contributed by atoms with Crippen molar-refractivity contribution in [3.05, 3.63) is 113 Å². The third-order valence-electron chi connectivity index (χ3n) is 7.71. The fraction of sp³-hybridized carbons (Fsp3) is 0.233. The minimum absolute atomic E-state index is 0.0455. The van der Waals surface area contributed by atoms with E-state index in [-0.39, 0.29) is 35.2 Å². The molecule has 5 atom stereocenters. The Morgan fingerprint density at radius 2 is 1.69 bits per heavy atom. The molecule has 1 aromatic heterocycles. The Kier molecular flexibility index (Phi) is 5.21. The van der Waals surface area contributed by atoms with Crippen LogP contribution < -0.4 is 4.90 Å². The molecular formula is C30H24N3O2+. The van der Waals surface area contributed by atoms with E-state index < -0.39 is 6.04 Å². The van der Waals surface area contributed by atoms with Crippen molar-refractivity contribution in [3.8, 4) is 12.1 Å². The van der Waals surface area contributed by atoms with Crippen LogP contribution in [0, 0.1) is 34.5 Å². The molecule has 1 N–H and O–H groups in total. The second kappa shape index (κ2) is 8.55. The predicted molar refractivity (Wildman–Crippen MR) is 130 cm³/mol. The normalized spacial score (nSPS) is 26.2. The van der Waals surface area contributed by atoms with Crippen molar-refractivity contribution in [2.75, 3.05) is 0 Å². The number of rotatable bonds is 5. The summed E-state index contributed by atoms with van der Waals surface area (Å²) in [7, 11) is 0. The Labute approximate surface area is 204 Å². The monoisotopic (exact) mass is 458 g/mol. The van der Waals surface area contributed by atoms with E-state index in [4.69, 9.17) is 4.42 Å². The van der Waals surface area contributed by atoms with Crippen LogP contribution in [-0.4, -0.2) is 11.8 Å². The van der Waals surface area contributed by atoms with Gasteiger partial charge in [-0.2, -0.15) is 10.5 Å². The summed E-state index contributed by atoms with van der Waals surface area (Å²) in [5.41, 5.74) is 4.00. The van der Waals surface area contributed by atoms with Gasteiger partial charge >= 0.3 is 0 Å². The Balaban J connectivity index is 1.62. The molecule has 2 fully saturated rings. The molecule has 6 rings (SSSR count). The highest BCUT2D eigenvalue weighted by Crippen LogP contribution is 2.53. The molecule has 3 heterocycles. The molecule has 0 spiro atoms. The number of Topliss-reactive ketones (excluding diaryl/α,β-unsaturated/α-hetero) is 1. The van der Waals surface area contributed by atoms with Crippen molar-refractivity contribution in [2.45, 2.75) is 30.8 Å². The summed E-state index contributed by atoms with van der Waals surface area (Å²) in [5.74, 6) is 0.453. The third-order valence-corrected chi connectivity index (χ3v) is 7.71. The molecule has 2 aromatic carbocycles. The maximum atomic E-state index is 14.1. The van der Waals surface area contributed by atoms with Gasteiger partial charge in [0, 0.05) is 11.1 Å². The molecular weight excluding hydrogens is 434 g/mol. The molecule has 1 aliphatic carbocycles. The van der Waals surface area contributed by atoms with Gasteiger partial charge in [-0.3, -0.25) is 9.69 Å². The van der Waals surface area contributed by atoms with E-state index >= 15 is 0 Å². The van der Waals surface area contributed by atoms with E-state index in [9.17, 15) is 15.3 Å². The van der Waals surface area contributed by atoms with Gasteiger partial charge in [-0.25, -0.2) is 0 Å². The van der Waals surface area contributed by atoms with Crippen LogP contribution in [0.5, 0.6) is 0 Å². The van der Waals surface area contributed by atoms with Crippen molar-refractivity contribution in [2.24, 2.45) is 11.8 Å². The fourth-order valence-corrected chi connectivity index (χ4v) is 6.22. The molecule has 1 saturated heterocycles. The number of ketones is 1. The summed E-state index contributed by atoms with van der Waals surface area (Å²) in [6.07, 6.45) is 7.74. The quantitative estimate of drug-likeness (QED) is 0.447. The zero-order valence-electron chi connectivity index (χ0n) is 19.1. The first kappa shape index (κ1) is 21.4. The van der Waals surface area contributed by atoms with E-state index in [1.54, 1.807) is 6.26 Å². The van der Waals surface area contributed by atoms with Crippen LogP contribution >= 0.6 is 0 Å². The van der Waals surface area contributed by atoms with E-state index in [2.05, 4.69) is 36.5 Å². The molecule has 1 saturated carbocycles. The van der Waals surface area contributed by atoms with Crippen LogP contribution in [0.4, 0.5) is 0 Å². The lowest BCUT2D eigenvalue weighted by molar-refractivity contribution is -0.884. The zero-order valence-corrected chi connectivity index (χ0v) is 19.1. The Morgan fingerprint density at radius 1 is 0.943 bits per heavy atom. The average molecular weight is 459 g/mol. The summed E-state index contributed by atoms with van der Waals surface area (Å²) in [4.78, 5) is 15.2. The number of hydrogen-bond acceptors (Lipinski definition) is 4. The van der Waals surface area contributed by atoms with Crippen molar-refractivity contribution < 1.29 is 14.1 Å². The van der Waals surface area contributed by atoms with Crippen molar-refractivity contribution >= 4 is 11.9 Å². The molecule has 35 heavy (non-hydrogen) atoms.